The lowest BCUT2D eigenvalue weighted by Gasteiger charge is -2.21. The zero-order valence-electron chi connectivity index (χ0n) is 15.1. The predicted octanol–water partition coefficient (Wildman–Crippen LogP) is 3.73. The van der Waals surface area contributed by atoms with Crippen molar-refractivity contribution in [3.63, 3.8) is 0 Å². The number of benzene rings is 1. The monoisotopic (exact) mass is 345 g/mol. The van der Waals surface area contributed by atoms with E-state index in [1.807, 2.05) is 32.4 Å². The predicted molar refractivity (Wildman–Crippen MR) is 93.3 cm³/mol. The van der Waals surface area contributed by atoms with Crippen LogP contribution in [0.4, 0.5) is 4.39 Å². The van der Waals surface area contributed by atoms with Gasteiger partial charge in [-0.1, -0.05) is 6.07 Å². The molecular weight excluding hydrogens is 321 g/mol. The van der Waals surface area contributed by atoms with Crippen LogP contribution in [0.2, 0.25) is 0 Å². The average Bonchev–Trinajstić information content (AvgIpc) is 2.82. The standard InChI is InChI=1S/C19H24FN3O2/c1-12-10-16(22-23(12)19(2,3)4)18(24)21-15-6-5-9-25-17-11-13(20)7-8-14(15)17/h7-8,10-11,15H,5-6,9H2,1-4H3,(H,21,24). The van der Waals surface area contributed by atoms with Gasteiger partial charge in [0, 0.05) is 17.3 Å². The third-order valence-electron chi connectivity index (χ3n) is 4.31. The van der Waals surface area contributed by atoms with Gasteiger partial charge in [-0.25, -0.2) is 4.39 Å². The molecule has 0 aliphatic carbocycles. The molecule has 3 rings (SSSR count). The molecule has 1 aromatic carbocycles. The van der Waals surface area contributed by atoms with Crippen molar-refractivity contribution >= 4 is 5.91 Å². The molecule has 2 aromatic rings. The van der Waals surface area contributed by atoms with Gasteiger partial charge in [0.2, 0.25) is 0 Å². The largest absolute Gasteiger partial charge is 0.493 e. The van der Waals surface area contributed by atoms with E-state index in [1.165, 1.54) is 12.1 Å². The number of amides is 1. The zero-order valence-corrected chi connectivity index (χ0v) is 15.1. The molecule has 1 unspecified atom stereocenters. The minimum Gasteiger partial charge on any atom is -0.493 e. The Bertz CT molecular complexity index is 792. The fourth-order valence-electron chi connectivity index (χ4n) is 3.19. The van der Waals surface area contributed by atoms with Crippen molar-refractivity contribution in [3.05, 3.63) is 47.0 Å². The van der Waals surface area contributed by atoms with Crippen LogP contribution in [0.25, 0.3) is 0 Å². The van der Waals surface area contributed by atoms with Crippen LogP contribution < -0.4 is 10.1 Å². The quantitative estimate of drug-likeness (QED) is 0.902. The number of carbonyl (C=O) groups excluding carboxylic acids is 1. The van der Waals surface area contributed by atoms with E-state index in [2.05, 4.69) is 10.4 Å². The number of nitrogens with one attached hydrogen (secondary N) is 1. The van der Waals surface area contributed by atoms with Gasteiger partial charge in [-0.2, -0.15) is 5.10 Å². The molecule has 0 fully saturated rings. The van der Waals surface area contributed by atoms with Crippen LogP contribution in [-0.2, 0) is 5.54 Å². The number of hydrogen-bond acceptors (Lipinski definition) is 3. The molecule has 1 atom stereocenters. The fourth-order valence-corrected chi connectivity index (χ4v) is 3.19. The van der Waals surface area contributed by atoms with Crippen molar-refractivity contribution in [1.82, 2.24) is 15.1 Å². The maximum atomic E-state index is 13.5. The van der Waals surface area contributed by atoms with Crippen LogP contribution in [-0.4, -0.2) is 22.3 Å². The Balaban J connectivity index is 1.84. The number of carbonyl (C=O) groups is 1. The number of nitrogens with zero attached hydrogens (tertiary/aromatic N) is 2. The normalized spacial score (nSPS) is 17.4. The number of ether oxygens (including phenoxy) is 1. The highest BCUT2D eigenvalue weighted by Gasteiger charge is 2.25. The molecule has 1 aliphatic heterocycles. The summed E-state index contributed by atoms with van der Waals surface area (Å²) < 4.78 is 20.9. The molecule has 2 heterocycles. The Hall–Kier alpha value is -2.37. The summed E-state index contributed by atoms with van der Waals surface area (Å²) in [7, 11) is 0. The SMILES string of the molecule is Cc1cc(C(=O)NC2CCCOc3cc(F)ccc32)nn1C(C)(C)C. The van der Waals surface area contributed by atoms with E-state index in [9.17, 15) is 9.18 Å². The maximum Gasteiger partial charge on any atom is 0.272 e. The second-order valence-electron chi connectivity index (χ2n) is 7.45. The molecule has 25 heavy (non-hydrogen) atoms. The second kappa shape index (κ2) is 6.50. The highest BCUT2D eigenvalue weighted by molar-refractivity contribution is 5.92. The summed E-state index contributed by atoms with van der Waals surface area (Å²) in [6.07, 6.45) is 1.53. The first-order valence-electron chi connectivity index (χ1n) is 8.56. The third-order valence-corrected chi connectivity index (χ3v) is 4.31. The molecule has 0 radical (unpaired) electrons. The fraction of sp³-hybridized carbons (Fsp3) is 0.474. The Kier molecular flexibility index (Phi) is 4.54. The highest BCUT2D eigenvalue weighted by atomic mass is 19.1. The van der Waals surface area contributed by atoms with E-state index in [-0.39, 0.29) is 23.3 Å². The van der Waals surface area contributed by atoms with Crippen LogP contribution >= 0.6 is 0 Å². The number of halogens is 1. The van der Waals surface area contributed by atoms with Gasteiger partial charge in [0.05, 0.1) is 18.2 Å². The van der Waals surface area contributed by atoms with Crippen LogP contribution in [0.5, 0.6) is 5.75 Å². The molecule has 1 aliphatic rings. The molecule has 134 valence electrons. The van der Waals surface area contributed by atoms with Gasteiger partial charge >= 0.3 is 0 Å². The van der Waals surface area contributed by atoms with Crippen LogP contribution in [0.3, 0.4) is 0 Å². The summed E-state index contributed by atoms with van der Waals surface area (Å²) in [5.74, 6) is -0.0715. The van der Waals surface area contributed by atoms with E-state index >= 15 is 0 Å². The lowest BCUT2D eigenvalue weighted by atomic mass is 10.0. The van der Waals surface area contributed by atoms with E-state index in [4.69, 9.17) is 4.74 Å². The van der Waals surface area contributed by atoms with Crippen molar-refractivity contribution in [2.24, 2.45) is 0 Å². The Morgan fingerprint density at radius 3 is 2.80 bits per heavy atom. The van der Waals surface area contributed by atoms with E-state index in [0.29, 0.717) is 18.1 Å². The van der Waals surface area contributed by atoms with Gasteiger partial charge in [0.1, 0.15) is 17.3 Å². The molecule has 0 spiro atoms. The van der Waals surface area contributed by atoms with Crippen molar-refractivity contribution in [1.29, 1.82) is 0 Å². The first kappa shape index (κ1) is 17.5. The Labute approximate surface area is 147 Å². The second-order valence-corrected chi connectivity index (χ2v) is 7.45. The van der Waals surface area contributed by atoms with Gasteiger partial charge in [-0.05, 0) is 52.7 Å². The minimum absolute atomic E-state index is 0.192. The van der Waals surface area contributed by atoms with Crippen molar-refractivity contribution < 1.29 is 13.9 Å². The average molecular weight is 345 g/mol. The van der Waals surface area contributed by atoms with Gasteiger partial charge in [0.25, 0.3) is 5.91 Å². The first-order chi connectivity index (χ1) is 11.8. The number of aromatic nitrogens is 2. The minimum atomic E-state index is -0.342. The lowest BCUT2D eigenvalue weighted by Crippen LogP contribution is -2.30. The van der Waals surface area contributed by atoms with Gasteiger partial charge in [-0.15, -0.1) is 0 Å². The van der Waals surface area contributed by atoms with Gasteiger partial charge < -0.3 is 10.1 Å². The number of rotatable bonds is 2. The summed E-state index contributed by atoms with van der Waals surface area (Å²) in [6.45, 7) is 8.58. The third kappa shape index (κ3) is 3.67. The van der Waals surface area contributed by atoms with Gasteiger partial charge in [0.15, 0.2) is 0 Å². The molecule has 6 heteroatoms. The van der Waals surface area contributed by atoms with Crippen LogP contribution in [0.1, 0.15) is 61.4 Å². The van der Waals surface area contributed by atoms with E-state index in [1.54, 1.807) is 12.1 Å². The summed E-state index contributed by atoms with van der Waals surface area (Å²) in [6, 6.07) is 6.02. The lowest BCUT2D eigenvalue weighted by molar-refractivity contribution is 0.0928. The molecule has 5 nitrogen and oxygen atoms in total. The highest BCUT2D eigenvalue weighted by Crippen LogP contribution is 2.32. The molecule has 0 saturated heterocycles. The smallest absolute Gasteiger partial charge is 0.272 e. The van der Waals surface area contributed by atoms with Gasteiger partial charge in [-0.3, -0.25) is 9.48 Å². The van der Waals surface area contributed by atoms with Crippen molar-refractivity contribution in [2.45, 2.75) is 52.1 Å². The summed E-state index contributed by atoms with van der Waals surface area (Å²) in [5, 5.41) is 7.48. The van der Waals surface area contributed by atoms with Crippen LogP contribution in [0, 0.1) is 12.7 Å². The summed E-state index contributed by atoms with van der Waals surface area (Å²) >= 11 is 0. The van der Waals surface area contributed by atoms with Crippen molar-refractivity contribution in [2.75, 3.05) is 6.61 Å². The Morgan fingerprint density at radius 2 is 2.12 bits per heavy atom. The molecule has 1 N–H and O–H groups in total. The van der Waals surface area contributed by atoms with E-state index < -0.39 is 0 Å². The summed E-state index contributed by atoms with van der Waals surface area (Å²) in [5.41, 5.74) is 1.94. The number of aryl methyl sites for hydroxylation is 1. The van der Waals surface area contributed by atoms with Crippen LogP contribution in [0.15, 0.2) is 24.3 Å². The molecule has 1 aromatic heterocycles. The Morgan fingerprint density at radius 1 is 1.36 bits per heavy atom. The van der Waals surface area contributed by atoms with E-state index in [0.717, 1.165) is 24.1 Å². The first-order valence-corrected chi connectivity index (χ1v) is 8.56. The maximum absolute atomic E-state index is 13.5. The number of hydrogen-bond donors (Lipinski definition) is 1. The number of fused-ring (bicyclic) bond motifs is 1. The molecule has 0 bridgehead atoms. The summed E-state index contributed by atoms with van der Waals surface area (Å²) in [4.78, 5) is 12.7. The zero-order chi connectivity index (χ0) is 18.2. The topological polar surface area (TPSA) is 56.1 Å². The molecular formula is C19H24FN3O2. The molecule has 0 saturated carbocycles. The van der Waals surface area contributed by atoms with Crippen molar-refractivity contribution in [3.8, 4) is 5.75 Å². The molecule has 1 amide bonds.